The van der Waals surface area contributed by atoms with Gasteiger partial charge in [0.25, 0.3) is 0 Å². The van der Waals surface area contributed by atoms with Crippen LogP contribution in [0.5, 0.6) is 0 Å². The third-order valence-corrected chi connectivity index (χ3v) is 4.03. The highest BCUT2D eigenvalue weighted by Crippen LogP contribution is 2.26. The Bertz CT molecular complexity index is 492. The zero-order valence-electron chi connectivity index (χ0n) is 13.2. The van der Waals surface area contributed by atoms with Gasteiger partial charge in [-0.05, 0) is 18.9 Å². The number of hydrogen-bond donors (Lipinski definition) is 0. The van der Waals surface area contributed by atoms with E-state index >= 15 is 0 Å². The van der Waals surface area contributed by atoms with Crippen LogP contribution >= 0.6 is 12.4 Å². The molecule has 0 radical (unpaired) electrons. The molecule has 2 atom stereocenters. The van der Waals surface area contributed by atoms with Gasteiger partial charge in [-0.25, -0.2) is 0 Å². The monoisotopic (exact) mass is 325 g/mol. The van der Waals surface area contributed by atoms with Gasteiger partial charge in [0.1, 0.15) is 11.7 Å². The molecule has 5 heteroatoms. The number of piperidine rings is 1. The molecule has 1 aliphatic heterocycles. The number of nitrogens with zero attached hydrogens (tertiary/aromatic N) is 1. The maximum absolute atomic E-state index is 12.2. The van der Waals surface area contributed by atoms with E-state index in [1.54, 1.807) is 6.92 Å². The minimum absolute atomic E-state index is 0. The van der Waals surface area contributed by atoms with Crippen LogP contribution in [-0.2, 0) is 20.9 Å². The summed E-state index contributed by atoms with van der Waals surface area (Å²) in [6.45, 7) is 5.59. The first-order valence-electron chi connectivity index (χ1n) is 7.64. The summed E-state index contributed by atoms with van der Waals surface area (Å²) in [5.41, 5.74) is 1.20. The predicted octanol–water partition coefficient (Wildman–Crippen LogP) is 2.84. The largest absolute Gasteiger partial charge is 0.465 e. The molecule has 0 spiro atoms. The van der Waals surface area contributed by atoms with Crippen LogP contribution in [0, 0.1) is 5.92 Å². The highest BCUT2D eigenvalue weighted by Gasteiger charge is 2.41. The van der Waals surface area contributed by atoms with Crippen LogP contribution in [0.25, 0.3) is 0 Å². The molecule has 1 aromatic carbocycles. The number of rotatable bonds is 5. The Balaban J connectivity index is 0.00000242. The first-order valence-corrected chi connectivity index (χ1v) is 7.64. The normalized spacial score (nSPS) is 22.0. The molecule has 22 heavy (non-hydrogen) atoms. The summed E-state index contributed by atoms with van der Waals surface area (Å²) in [5.74, 6) is -0.982. The van der Waals surface area contributed by atoms with E-state index < -0.39 is 5.92 Å². The Morgan fingerprint density at radius 3 is 2.55 bits per heavy atom. The number of ether oxygens (including phenoxy) is 1. The summed E-state index contributed by atoms with van der Waals surface area (Å²) in [6, 6.07) is 10.1. The third-order valence-electron chi connectivity index (χ3n) is 4.03. The van der Waals surface area contributed by atoms with E-state index in [9.17, 15) is 9.59 Å². The number of hydrogen-bond acceptors (Lipinski definition) is 4. The van der Waals surface area contributed by atoms with Crippen LogP contribution in [0.2, 0.25) is 0 Å². The van der Waals surface area contributed by atoms with E-state index in [0.29, 0.717) is 19.6 Å². The molecule has 122 valence electrons. The lowest BCUT2D eigenvalue weighted by Gasteiger charge is -2.38. The van der Waals surface area contributed by atoms with E-state index in [4.69, 9.17) is 4.74 Å². The second-order valence-electron chi connectivity index (χ2n) is 5.38. The number of likely N-dealkylation sites (tertiary alicyclic amines) is 1. The maximum Gasteiger partial charge on any atom is 0.318 e. The first-order chi connectivity index (χ1) is 10.2. The molecule has 1 heterocycles. The lowest BCUT2D eigenvalue weighted by Crippen LogP contribution is -2.52. The van der Waals surface area contributed by atoms with Crippen molar-refractivity contribution in [2.75, 3.05) is 13.2 Å². The van der Waals surface area contributed by atoms with E-state index in [2.05, 4.69) is 17.0 Å². The molecule has 1 fully saturated rings. The van der Waals surface area contributed by atoms with Gasteiger partial charge >= 0.3 is 5.97 Å². The van der Waals surface area contributed by atoms with Crippen LogP contribution in [0.3, 0.4) is 0 Å². The standard InChI is InChI=1S/C17H23NO3.ClH/c1-3-14-16(17(20)21-4-2)15(19)10-11-18(14)12-13-8-6-5-7-9-13;/h5-9,14,16H,3-4,10-12H2,1-2H3;1H. The SMILES string of the molecule is CCOC(=O)C1C(=O)CCN(Cc2ccccc2)C1CC.Cl. The Morgan fingerprint density at radius 2 is 1.95 bits per heavy atom. The summed E-state index contributed by atoms with van der Waals surface area (Å²) >= 11 is 0. The van der Waals surface area contributed by atoms with E-state index in [1.807, 2.05) is 25.1 Å². The van der Waals surface area contributed by atoms with Crippen molar-refractivity contribution in [3.63, 3.8) is 0 Å². The number of carbonyl (C=O) groups is 2. The van der Waals surface area contributed by atoms with Gasteiger partial charge in [-0.2, -0.15) is 0 Å². The second-order valence-corrected chi connectivity index (χ2v) is 5.38. The number of benzene rings is 1. The lowest BCUT2D eigenvalue weighted by molar-refractivity contribution is -0.157. The number of Topliss-reactive ketones (excluding diaryl/α,β-unsaturated/α-hetero) is 1. The topological polar surface area (TPSA) is 46.6 Å². The quantitative estimate of drug-likeness (QED) is 0.617. The summed E-state index contributed by atoms with van der Waals surface area (Å²) in [5, 5.41) is 0. The van der Waals surface area contributed by atoms with Crippen LogP contribution in [-0.4, -0.2) is 35.8 Å². The van der Waals surface area contributed by atoms with E-state index in [1.165, 1.54) is 5.56 Å². The minimum Gasteiger partial charge on any atom is -0.465 e. The Hall–Kier alpha value is -1.39. The molecular formula is C17H24ClNO3. The Morgan fingerprint density at radius 1 is 1.27 bits per heavy atom. The van der Waals surface area contributed by atoms with Crippen LogP contribution in [0.1, 0.15) is 32.3 Å². The van der Waals surface area contributed by atoms with Crippen molar-refractivity contribution >= 4 is 24.2 Å². The van der Waals surface area contributed by atoms with Crippen molar-refractivity contribution in [3.8, 4) is 0 Å². The molecule has 0 N–H and O–H groups in total. The minimum atomic E-state index is -0.632. The zero-order valence-corrected chi connectivity index (χ0v) is 14.0. The second kappa shape index (κ2) is 8.91. The third kappa shape index (κ3) is 4.31. The van der Waals surface area contributed by atoms with Gasteiger partial charge in [0, 0.05) is 25.6 Å². The smallest absolute Gasteiger partial charge is 0.318 e. The molecule has 2 unspecified atom stereocenters. The van der Waals surface area contributed by atoms with Crippen LogP contribution < -0.4 is 0 Å². The molecule has 0 amide bonds. The molecule has 1 aromatic rings. The Labute approximate surface area is 138 Å². The van der Waals surface area contributed by atoms with E-state index in [0.717, 1.165) is 13.0 Å². The fourth-order valence-electron chi connectivity index (χ4n) is 3.03. The van der Waals surface area contributed by atoms with Gasteiger partial charge in [-0.15, -0.1) is 12.4 Å². The molecule has 0 aromatic heterocycles. The molecule has 0 bridgehead atoms. The van der Waals surface area contributed by atoms with Gasteiger partial charge in [0.05, 0.1) is 6.61 Å². The summed E-state index contributed by atoms with van der Waals surface area (Å²) in [4.78, 5) is 26.5. The molecule has 0 aliphatic carbocycles. The Kier molecular flexibility index (Phi) is 7.56. The van der Waals surface area contributed by atoms with Crippen molar-refractivity contribution in [2.24, 2.45) is 5.92 Å². The fourth-order valence-corrected chi connectivity index (χ4v) is 3.03. The van der Waals surface area contributed by atoms with Crippen LogP contribution in [0.15, 0.2) is 30.3 Å². The van der Waals surface area contributed by atoms with Crippen molar-refractivity contribution < 1.29 is 14.3 Å². The van der Waals surface area contributed by atoms with Gasteiger partial charge in [-0.1, -0.05) is 37.3 Å². The maximum atomic E-state index is 12.2. The summed E-state index contributed by atoms with van der Waals surface area (Å²) in [6.07, 6.45) is 1.19. The summed E-state index contributed by atoms with van der Waals surface area (Å²) in [7, 11) is 0. The molecule has 2 rings (SSSR count). The fraction of sp³-hybridized carbons (Fsp3) is 0.529. The number of esters is 1. The average Bonchev–Trinajstić information content (AvgIpc) is 2.49. The van der Waals surface area contributed by atoms with Gasteiger partial charge in [-0.3, -0.25) is 14.5 Å². The van der Waals surface area contributed by atoms with Gasteiger partial charge in [0.15, 0.2) is 0 Å². The van der Waals surface area contributed by atoms with Gasteiger partial charge in [0.2, 0.25) is 0 Å². The molecule has 1 aliphatic rings. The van der Waals surface area contributed by atoms with E-state index in [-0.39, 0.29) is 30.2 Å². The van der Waals surface area contributed by atoms with Crippen molar-refractivity contribution in [3.05, 3.63) is 35.9 Å². The number of halogens is 1. The molecule has 0 saturated carbocycles. The molecule has 1 saturated heterocycles. The number of carbonyl (C=O) groups excluding carboxylic acids is 2. The first kappa shape index (κ1) is 18.7. The molecular weight excluding hydrogens is 302 g/mol. The van der Waals surface area contributed by atoms with Crippen molar-refractivity contribution in [1.82, 2.24) is 4.90 Å². The van der Waals surface area contributed by atoms with Crippen LogP contribution in [0.4, 0.5) is 0 Å². The highest BCUT2D eigenvalue weighted by atomic mass is 35.5. The molecule has 4 nitrogen and oxygen atoms in total. The summed E-state index contributed by atoms with van der Waals surface area (Å²) < 4.78 is 5.10. The average molecular weight is 326 g/mol. The highest BCUT2D eigenvalue weighted by molar-refractivity contribution is 6.00. The van der Waals surface area contributed by atoms with Crippen molar-refractivity contribution in [2.45, 2.75) is 39.3 Å². The zero-order chi connectivity index (χ0) is 15.2. The van der Waals surface area contributed by atoms with Gasteiger partial charge < -0.3 is 4.74 Å². The van der Waals surface area contributed by atoms with Crippen molar-refractivity contribution in [1.29, 1.82) is 0 Å². The predicted molar refractivity (Wildman–Crippen MR) is 87.9 cm³/mol. The number of ketones is 1. The lowest BCUT2D eigenvalue weighted by atomic mass is 9.86.